The molecule has 0 bridgehead atoms. The van der Waals surface area contributed by atoms with Crippen LogP contribution in [-0.4, -0.2) is 48.7 Å². The number of fused-ring (bicyclic) bond motifs is 1. The molecule has 0 spiro atoms. The molecule has 2 saturated heterocycles. The SMILES string of the molecule is COC(=O)c1nccc(N2CC[C@H]3CNC[C@H]32)n1. The zero-order valence-corrected chi connectivity index (χ0v) is 10.3. The van der Waals surface area contributed by atoms with Crippen molar-refractivity contribution in [2.24, 2.45) is 5.92 Å². The van der Waals surface area contributed by atoms with Gasteiger partial charge in [-0.2, -0.15) is 0 Å². The van der Waals surface area contributed by atoms with Crippen LogP contribution in [0.3, 0.4) is 0 Å². The van der Waals surface area contributed by atoms with Crippen molar-refractivity contribution in [2.45, 2.75) is 12.5 Å². The minimum Gasteiger partial charge on any atom is -0.463 e. The molecule has 0 unspecified atom stereocenters. The molecular formula is C12H16N4O2. The Bertz CT molecular complexity index is 465. The third-order valence-electron chi connectivity index (χ3n) is 3.75. The zero-order valence-electron chi connectivity index (χ0n) is 10.3. The highest BCUT2D eigenvalue weighted by Crippen LogP contribution is 2.30. The smallest absolute Gasteiger partial charge is 0.376 e. The third kappa shape index (κ3) is 1.82. The van der Waals surface area contributed by atoms with Gasteiger partial charge in [0.2, 0.25) is 5.82 Å². The van der Waals surface area contributed by atoms with E-state index < -0.39 is 5.97 Å². The Hall–Kier alpha value is -1.69. The average Bonchev–Trinajstić information content (AvgIpc) is 3.00. The minimum absolute atomic E-state index is 0.129. The van der Waals surface area contributed by atoms with Crippen LogP contribution < -0.4 is 10.2 Å². The zero-order chi connectivity index (χ0) is 12.5. The number of nitrogens with zero attached hydrogens (tertiary/aromatic N) is 3. The molecule has 18 heavy (non-hydrogen) atoms. The van der Waals surface area contributed by atoms with E-state index in [4.69, 9.17) is 0 Å². The number of hydrogen-bond donors (Lipinski definition) is 1. The van der Waals surface area contributed by atoms with Gasteiger partial charge in [0.15, 0.2) is 0 Å². The molecule has 6 heteroatoms. The summed E-state index contributed by atoms with van der Waals surface area (Å²) in [6.45, 7) is 3.06. The van der Waals surface area contributed by atoms with Crippen molar-refractivity contribution in [3.63, 3.8) is 0 Å². The lowest BCUT2D eigenvalue weighted by atomic mass is 10.1. The van der Waals surface area contributed by atoms with Crippen molar-refractivity contribution in [3.8, 4) is 0 Å². The number of methoxy groups -OCH3 is 1. The molecule has 0 aliphatic carbocycles. The molecule has 1 N–H and O–H groups in total. The second-order valence-electron chi connectivity index (χ2n) is 4.70. The van der Waals surface area contributed by atoms with Crippen LogP contribution in [0.2, 0.25) is 0 Å². The molecule has 3 rings (SSSR count). The van der Waals surface area contributed by atoms with Crippen LogP contribution >= 0.6 is 0 Å². The first-order valence-corrected chi connectivity index (χ1v) is 6.18. The summed E-state index contributed by atoms with van der Waals surface area (Å²) in [5.74, 6) is 1.16. The number of esters is 1. The van der Waals surface area contributed by atoms with E-state index in [1.807, 2.05) is 6.07 Å². The number of ether oxygens (including phenoxy) is 1. The Balaban J connectivity index is 1.86. The number of aromatic nitrogens is 2. The fourth-order valence-corrected chi connectivity index (χ4v) is 2.83. The van der Waals surface area contributed by atoms with Gasteiger partial charge in [0.1, 0.15) is 5.82 Å². The van der Waals surface area contributed by atoms with Crippen molar-refractivity contribution in [2.75, 3.05) is 31.6 Å². The molecule has 96 valence electrons. The first-order valence-electron chi connectivity index (χ1n) is 6.18. The quantitative estimate of drug-likeness (QED) is 0.747. The molecule has 3 heterocycles. The molecule has 2 fully saturated rings. The average molecular weight is 248 g/mol. The van der Waals surface area contributed by atoms with Gasteiger partial charge in [-0.1, -0.05) is 0 Å². The number of nitrogens with one attached hydrogen (secondary N) is 1. The summed E-state index contributed by atoms with van der Waals surface area (Å²) in [6, 6.07) is 2.35. The molecule has 2 aliphatic heterocycles. The van der Waals surface area contributed by atoms with E-state index in [9.17, 15) is 4.79 Å². The molecule has 1 aromatic heterocycles. The topological polar surface area (TPSA) is 67.3 Å². The van der Waals surface area contributed by atoms with Crippen LogP contribution in [0.15, 0.2) is 12.3 Å². The maximum atomic E-state index is 11.4. The van der Waals surface area contributed by atoms with E-state index in [1.165, 1.54) is 13.5 Å². The predicted molar refractivity (Wildman–Crippen MR) is 65.5 cm³/mol. The molecule has 0 aromatic carbocycles. The van der Waals surface area contributed by atoms with E-state index in [0.717, 1.165) is 25.5 Å². The summed E-state index contributed by atoms with van der Waals surface area (Å²) in [5, 5.41) is 3.40. The summed E-state index contributed by atoms with van der Waals surface area (Å²) in [5.41, 5.74) is 0. The number of hydrogen-bond acceptors (Lipinski definition) is 6. The van der Waals surface area contributed by atoms with Crippen molar-refractivity contribution in [1.82, 2.24) is 15.3 Å². The molecule has 2 aliphatic rings. The van der Waals surface area contributed by atoms with E-state index in [2.05, 4.69) is 24.9 Å². The lowest BCUT2D eigenvalue weighted by Crippen LogP contribution is -2.35. The molecular weight excluding hydrogens is 232 g/mol. The highest BCUT2D eigenvalue weighted by atomic mass is 16.5. The van der Waals surface area contributed by atoms with Gasteiger partial charge >= 0.3 is 5.97 Å². The number of carbonyl (C=O) groups is 1. The highest BCUT2D eigenvalue weighted by molar-refractivity contribution is 5.85. The van der Waals surface area contributed by atoms with E-state index in [-0.39, 0.29) is 5.82 Å². The van der Waals surface area contributed by atoms with Gasteiger partial charge in [-0.25, -0.2) is 14.8 Å². The summed E-state index contributed by atoms with van der Waals surface area (Å²) in [7, 11) is 1.34. The van der Waals surface area contributed by atoms with Crippen LogP contribution in [-0.2, 0) is 4.74 Å². The Morgan fingerprint density at radius 2 is 2.44 bits per heavy atom. The second kappa shape index (κ2) is 4.53. The van der Waals surface area contributed by atoms with Gasteiger partial charge in [-0.05, 0) is 18.4 Å². The number of rotatable bonds is 2. The van der Waals surface area contributed by atoms with Crippen LogP contribution in [0, 0.1) is 5.92 Å². The third-order valence-corrected chi connectivity index (χ3v) is 3.75. The monoisotopic (exact) mass is 248 g/mol. The number of carbonyl (C=O) groups excluding carboxylic acids is 1. The van der Waals surface area contributed by atoms with Crippen LogP contribution in [0.4, 0.5) is 5.82 Å². The van der Waals surface area contributed by atoms with E-state index in [0.29, 0.717) is 12.0 Å². The fraction of sp³-hybridized carbons (Fsp3) is 0.583. The summed E-state index contributed by atoms with van der Waals surface area (Å²) in [6.07, 6.45) is 2.79. The summed E-state index contributed by atoms with van der Waals surface area (Å²) < 4.78 is 4.65. The van der Waals surface area contributed by atoms with Gasteiger partial charge in [0, 0.05) is 31.9 Å². The van der Waals surface area contributed by atoms with Crippen molar-refractivity contribution < 1.29 is 9.53 Å². The van der Waals surface area contributed by atoms with E-state index >= 15 is 0 Å². The van der Waals surface area contributed by atoms with Gasteiger partial charge in [0.25, 0.3) is 0 Å². The Labute approximate surface area is 105 Å². The van der Waals surface area contributed by atoms with Gasteiger partial charge in [-0.3, -0.25) is 0 Å². The predicted octanol–water partition coefficient (Wildman–Crippen LogP) is 0.0613. The highest BCUT2D eigenvalue weighted by Gasteiger charge is 2.38. The number of anilines is 1. The molecule has 0 radical (unpaired) electrons. The van der Waals surface area contributed by atoms with Crippen molar-refractivity contribution in [3.05, 3.63) is 18.1 Å². The van der Waals surface area contributed by atoms with Gasteiger partial charge < -0.3 is 15.0 Å². The molecule has 0 saturated carbocycles. The second-order valence-corrected chi connectivity index (χ2v) is 4.70. The van der Waals surface area contributed by atoms with Crippen LogP contribution in [0.1, 0.15) is 17.0 Å². The largest absolute Gasteiger partial charge is 0.463 e. The lowest BCUT2D eigenvalue weighted by Gasteiger charge is -2.24. The maximum Gasteiger partial charge on any atom is 0.376 e. The standard InChI is InChI=1S/C12H16N4O2/c1-18-12(17)11-14-4-2-10(15-11)16-5-3-8-6-13-7-9(8)16/h2,4,8-9,13H,3,5-7H2,1H3/t8-,9+/m0/s1. The van der Waals surface area contributed by atoms with Crippen LogP contribution in [0.25, 0.3) is 0 Å². The van der Waals surface area contributed by atoms with Crippen LogP contribution in [0.5, 0.6) is 0 Å². The molecule has 6 nitrogen and oxygen atoms in total. The summed E-state index contributed by atoms with van der Waals surface area (Å²) in [4.78, 5) is 21.9. The fourth-order valence-electron chi connectivity index (χ4n) is 2.83. The normalized spacial score (nSPS) is 26.2. The van der Waals surface area contributed by atoms with Crippen molar-refractivity contribution in [1.29, 1.82) is 0 Å². The molecule has 2 atom stereocenters. The maximum absolute atomic E-state index is 11.4. The first kappa shape index (κ1) is 11.4. The Kier molecular flexibility index (Phi) is 2.87. The van der Waals surface area contributed by atoms with Gasteiger partial charge in [0.05, 0.1) is 7.11 Å². The lowest BCUT2D eigenvalue weighted by molar-refractivity contribution is 0.0586. The van der Waals surface area contributed by atoms with E-state index in [1.54, 1.807) is 6.20 Å². The minimum atomic E-state index is -0.489. The van der Waals surface area contributed by atoms with Crippen molar-refractivity contribution >= 4 is 11.8 Å². The Morgan fingerprint density at radius 3 is 3.28 bits per heavy atom. The summed E-state index contributed by atoms with van der Waals surface area (Å²) >= 11 is 0. The van der Waals surface area contributed by atoms with Gasteiger partial charge in [-0.15, -0.1) is 0 Å². The first-order chi connectivity index (χ1) is 8.79. The Morgan fingerprint density at radius 1 is 1.56 bits per heavy atom. The molecule has 1 aromatic rings. The molecule has 0 amide bonds.